The minimum Gasteiger partial charge on any atom is -0.493 e. The van der Waals surface area contributed by atoms with Crippen molar-refractivity contribution >= 4 is 0 Å². The molecule has 0 aliphatic carbocycles. The normalized spacial score (nSPS) is 16.8. The lowest BCUT2D eigenvalue weighted by atomic mass is 9.93. The van der Waals surface area contributed by atoms with Crippen molar-refractivity contribution < 1.29 is 9.13 Å². The van der Waals surface area contributed by atoms with Gasteiger partial charge in [-0.05, 0) is 6.07 Å². The molecule has 1 aliphatic rings. The highest BCUT2D eigenvalue weighted by Crippen LogP contribution is 2.31. The second-order valence-corrected chi connectivity index (χ2v) is 3.22. The third-order valence-electron chi connectivity index (χ3n) is 2.42. The van der Waals surface area contributed by atoms with Gasteiger partial charge in [-0.15, -0.1) is 0 Å². The first-order valence-electron chi connectivity index (χ1n) is 4.36. The second kappa shape index (κ2) is 3.34. The number of hydrogen-bond donors (Lipinski definition) is 1. The first-order chi connectivity index (χ1) is 6.33. The van der Waals surface area contributed by atoms with Gasteiger partial charge in [-0.2, -0.15) is 0 Å². The van der Waals surface area contributed by atoms with Crippen molar-refractivity contribution in [3.05, 3.63) is 29.6 Å². The lowest BCUT2D eigenvalue weighted by Gasteiger charge is -2.28. The van der Waals surface area contributed by atoms with E-state index in [4.69, 9.17) is 4.74 Å². The molecule has 13 heavy (non-hydrogen) atoms. The van der Waals surface area contributed by atoms with Crippen LogP contribution in [0.1, 0.15) is 11.5 Å². The Balaban J connectivity index is 2.37. The smallest absolute Gasteiger partial charge is 0.165 e. The highest BCUT2D eigenvalue weighted by Gasteiger charge is 2.23. The van der Waals surface area contributed by atoms with Crippen LogP contribution in [0.2, 0.25) is 0 Å². The molecule has 1 heterocycles. The fraction of sp³-hybridized carbons (Fsp3) is 0.400. The molecule has 3 heteroatoms. The van der Waals surface area contributed by atoms with Gasteiger partial charge in [0.25, 0.3) is 0 Å². The maximum Gasteiger partial charge on any atom is 0.165 e. The molecule has 70 valence electrons. The minimum absolute atomic E-state index is 0.271. The second-order valence-electron chi connectivity index (χ2n) is 3.22. The topological polar surface area (TPSA) is 21.3 Å². The van der Waals surface area contributed by atoms with Gasteiger partial charge in [0.15, 0.2) is 11.6 Å². The lowest BCUT2D eigenvalue weighted by Crippen LogP contribution is -2.40. The van der Waals surface area contributed by atoms with Crippen molar-refractivity contribution in [3.8, 4) is 5.75 Å². The van der Waals surface area contributed by atoms with Gasteiger partial charge in [0.1, 0.15) is 0 Å². The Bertz CT molecular complexity index is 310. The van der Waals surface area contributed by atoms with E-state index in [1.165, 1.54) is 13.2 Å². The van der Waals surface area contributed by atoms with E-state index in [1.807, 2.05) is 6.07 Å². The third kappa shape index (κ3) is 1.40. The fourth-order valence-corrected chi connectivity index (χ4v) is 1.57. The summed E-state index contributed by atoms with van der Waals surface area (Å²) >= 11 is 0. The van der Waals surface area contributed by atoms with Crippen LogP contribution >= 0.6 is 0 Å². The molecular weight excluding hydrogens is 169 g/mol. The zero-order valence-corrected chi connectivity index (χ0v) is 7.51. The zero-order valence-electron chi connectivity index (χ0n) is 7.51. The van der Waals surface area contributed by atoms with Gasteiger partial charge in [0, 0.05) is 24.6 Å². The molecular formula is C10H12FNO. The number of nitrogens with one attached hydrogen (secondary N) is 1. The van der Waals surface area contributed by atoms with Crippen molar-refractivity contribution in [1.82, 2.24) is 5.32 Å². The summed E-state index contributed by atoms with van der Waals surface area (Å²) in [6.45, 7) is 1.83. The number of para-hydroxylation sites is 1. The van der Waals surface area contributed by atoms with Crippen molar-refractivity contribution in [1.29, 1.82) is 0 Å². The molecule has 1 N–H and O–H groups in total. The standard InChI is InChI=1S/C10H12FNO/c1-13-10-8(7-5-12-6-7)3-2-4-9(10)11/h2-4,7,12H,5-6H2,1H3. The molecule has 1 aromatic rings. The molecule has 2 rings (SSSR count). The molecule has 0 bridgehead atoms. The van der Waals surface area contributed by atoms with Crippen LogP contribution in [0, 0.1) is 5.82 Å². The van der Waals surface area contributed by atoms with E-state index in [-0.39, 0.29) is 5.82 Å². The fourth-order valence-electron chi connectivity index (χ4n) is 1.57. The Hall–Kier alpha value is -1.09. The van der Waals surface area contributed by atoms with E-state index < -0.39 is 0 Å². The zero-order chi connectivity index (χ0) is 9.26. The number of hydrogen-bond acceptors (Lipinski definition) is 2. The molecule has 0 unspecified atom stereocenters. The first-order valence-corrected chi connectivity index (χ1v) is 4.36. The molecule has 1 fully saturated rings. The van der Waals surface area contributed by atoms with E-state index in [1.54, 1.807) is 6.07 Å². The van der Waals surface area contributed by atoms with Gasteiger partial charge < -0.3 is 10.1 Å². The summed E-state index contributed by atoms with van der Waals surface area (Å²) in [6, 6.07) is 5.08. The summed E-state index contributed by atoms with van der Waals surface area (Å²) in [7, 11) is 1.51. The number of benzene rings is 1. The van der Waals surface area contributed by atoms with Crippen LogP contribution in [0.5, 0.6) is 5.75 Å². The SMILES string of the molecule is COc1c(F)cccc1C1CNC1. The van der Waals surface area contributed by atoms with E-state index >= 15 is 0 Å². The van der Waals surface area contributed by atoms with Crippen molar-refractivity contribution in [3.63, 3.8) is 0 Å². The van der Waals surface area contributed by atoms with Gasteiger partial charge >= 0.3 is 0 Å². The Kier molecular flexibility index (Phi) is 2.19. The predicted molar refractivity (Wildman–Crippen MR) is 48.6 cm³/mol. The average molecular weight is 181 g/mol. The van der Waals surface area contributed by atoms with Gasteiger partial charge in [-0.1, -0.05) is 12.1 Å². The largest absolute Gasteiger partial charge is 0.493 e. The van der Waals surface area contributed by atoms with Crippen LogP contribution in [-0.2, 0) is 0 Å². The summed E-state index contributed by atoms with van der Waals surface area (Å²) in [4.78, 5) is 0. The van der Waals surface area contributed by atoms with E-state index in [2.05, 4.69) is 5.32 Å². The Morgan fingerprint density at radius 3 is 2.77 bits per heavy atom. The van der Waals surface area contributed by atoms with Gasteiger partial charge in [0.05, 0.1) is 7.11 Å². The quantitative estimate of drug-likeness (QED) is 0.747. The lowest BCUT2D eigenvalue weighted by molar-refractivity contribution is 0.363. The van der Waals surface area contributed by atoms with Crippen molar-refractivity contribution in [2.75, 3.05) is 20.2 Å². The van der Waals surface area contributed by atoms with Crippen LogP contribution in [0.25, 0.3) is 0 Å². The molecule has 0 radical (unpaired) electrons. The summed E-state index contributed by atoms with van der Waals surface area (Å²) in [6.07, 6.45) is 0. The minimum atomic E-state index is -0.271. The van der Waals surface area contributed by atoms with Gasteiger partial charge in [-0.3, -0.25) is 0 Å². The van der Waals surface area contributed by atoms with E-state index in [0.717, 1.165) is 18.7 Å². The van der Waals surface area contributed by atoms with Crippen LogP contribution in [0.15, 0.2) is 18.2 Å². The van der Waals surface area contributed by atoms with Gasteiger partial charge in [0.2, 0.25) is 0 Å². The molecule has 0 saturated carbocycles. The maximum atomic E-state index is 13.2. The van der Waals surface area contributed by atoms with Crippen molar-refractivity contribution in [2.24, 2.45) is 0 Å². The number of rotatable bonds is 2. The number of ether oxygens (including phenoxy) is 1. The van der Waals surface area contributed by atoms with Crippen LogP contribution in [0.4, 0.5) is 4.39 Å². The summed E-state index contributed by atoms with van der Waals surface area (Å²) in [5.74, 6) is 0.534. The van der Waals surface area contributed by atoms with Crippen LogP contribution in [0.3, 0.4) is 0 Å². The number of halogens is 1. The maximum absolute atomic E-state index is 13.2. The Labute approximate surface area is 76.7 Å². The molecule has 1 saturated heterocycles. The first kappa shape index (κ1) is 8.51. The molecule has 0 aromatic heterocycles. The molecule has 0 spiro atoms. The monoisotopic (exact) mass is 181 g/mol. The van der Waals surface area contributed by atoms with Crippen LogP contribution < -0.4 is 10.1 Å². The average Bonchev–Trinajstić information content (AvgIpc) is 2.01. The molecule has 2 nitrogen and oxygen atoms in total. The molecule has 1 aromatic carbocycles. The number of methoxy groups -OCH3 is 1. The van der Waals surface area contributed by atoms with E-state index in [0.29, 0.717) is 11.7 Å². The Morgan fingerprint density at radius 2 is 2.23 bits per heavy atom. The Morgan fingerprint density at radius 1 is 1.46 bits per heavy atom. The van der Waals surface area contributed by atoms with Crippen molar-refractivity contribution in [2.45, 2.75) is 5.92 Å². The third-order valence-corrected chi connectivity index (χ3v) is 2.42. The summed E-state index contributed by atoms with van der Waals surface area (Å²) in [5, 5.41) is 3.15. The summed E-state index contributed by atoms with van der Waals surface area (Å²) < 4.78 is 18.3. The van der Waals surface area contributed by atoms with E-state index in [9.17, 15) is 4.39 Å². The predicted octanol–water partition coefficient (Wildman–Crippen LogP) is 1.52. The van der Waals surface area contributed by atoms with Crippen LogP contribution in [-0.4, -0.2) is 20.2 Å². The highest BCUT2D eigenvalue weighted by atomic mass is 19.1. The molecule has 1 aliphatic heterocycles. The summed E-state index contributed by atoms with van der Waals surface area (Å²) in [5.41, 5.74) is 0.973. The van der Waals surface area contributed by atoms with Gasteiger partial charge in [-0.25, -0.2) is 4.39 Å². The molecule has 0 atom stereocenters. The highest BCUT2D eigenvalue weighted by molar-refractivity contribution is 5.39. The molecule has 0 amide bonds.